The number of hydrogen-bond acceptors (Lipinski definition) is 5. The van der Waals surface area contributed by atoms with Crippen LogP contribution >= 0.6 is 11.6 Å². The smallest absolute Gasteiger partial charge is 0.324 e. The van der Waals surface area contributed by atoms with E-state index in [1.54, 1.807) is 0 Å². The highest BCUT2D eigenvalue weighted by Crippen LogP contribution is 2.35. The van der Waals surface area contributed by atoms with E-state index in [1.165, 1.54) is 32.4 Å². The zero-order valence-corrected chi connectivity index (χ0v) is 15.3. The van der Waals surface area contributed by atoms with Crippen LogP contribution < -0.4 is 13.8 Å². The molecule has 0 unspecified atom stereocenters. The van der Waals surface area contributed by atoms with Crippen molar-refractivity contribution in [3.63, 3.8) is 0 Å². The molecule has 0 saturated heterocycles. The first kappa shape index (κ1) is 19.8. The van der Waals surface area contributed by atoms with Gasteiger partial charge >= 0.3 is 5.97 Å². The summed E-state index contributed by atoms with van der Waals surface area (Å²) in [5.41, 5.74) is -0.0846. The van der Waals surface area contributed by atoms with Crippen LogP contribution in [0.25, 0.3) is 0 Å². The second kappa shape index (κ2) is 7.79. The van der Waals surface area contributed by atoms with Crippen LogP contribution in [-0.4, -0.2) is 40.3 Å². The molecule has 1 N–H and O–H groups in total. The fourth-order valence-electron chi connectivity index (χ4n) is 2.22. The van der Waals surface area contributed by atoms with E-state index in [2.05, 4.69) is 0 Å². The molecule has 0 radical (unpaired) electrons. The lowest BCUT2D eigenvalue weighted by atomic mass is 10.3. The quantitative estimate of drug-likeness (QED) is 0.764. The van der Waals surface area contributed by atoms with Crippen LogP contribution in [0, 0.1) is 5.82 Å². The zero-order chi connectivity index (χ0) is 19.5. The molecule has 0 spiro atoms. The topological polar surface area (TPSA) is 93.1 Å². The highest BCUT2D eigenvalue weighted by molar-refractivity contribution is 7.92. The molecule has 2 rings (SSSR count). The fraction of sp³-hybridized carbons (Fsp3) is 0.188. The monoisotopic (exact) mass is 403 g/mol. The van der Waals surface area contributed by atoms with Crippen molar-refractivity contribution in [1.82, 2.24) is 0 Å². The lowest BCUT2D eigenvalue weighted by Gasteiger charge is -2.24. The fourth-order valence-corrected chi connectivity index (χ4v) is 3.81. The third kappa shape index (κ3) is 4.00. The summed E-state index contributed by atoms with van der Waals surface area (Å²) in [7, 11) is -1.89. The van der Waals surface area contributed by atoms with E-state index in [0.717, 1.165) is 18.2 Å². The summed E-state index contributed by atoms with van der Waals surface area (Å²) in [6.45, 7) is -0.910. The molecule has 0 bridgehead atoms. The predicted octanol–water partition coefficient (Wildman–Crippen LogP) is 2.78. The first-order valence-corrected chi connectivity index (χ1v) is 8.94. The van der Waals surface area contributed by atoms with Gasteiger partial charge in [0.2, 0.25) is 0 Å². The summed E-state index contributed by atoms with van der Waals surface area (Å²) in [6, 6.07) is 7.11. The first-order valence-electron chi connectivity index (χ1n) is 7.12. The Hall–Kier alpha value is -2.52. The number of ether oxygens (including phenoxy) is 2. The number of halogens is 2. The van der Waals surface area contributed by atoms with Gasteiger partial charge in [-0.15, -0.1) is 0 Å². The molecule has 0 atom stereocenters. The first-order chi connectivity index (χ1) is 12.2. The number of benzene rings is 2. The van der Waals surface area contributed by atoms with E-state index in [4.69, 9.17) is 26.2 Å². The molecule has 0 aromatic heterocycles. The number of sulfonamides is 1. The Morgan fingerprint density at radius 1 is 1.15 bits per heavy atom. The number of rotatable bonds is 7. The molecule has 0 heterocycles. The third-order valence-corrected chi connectivity index (χ3v) is 5.39. The van der Waals surface area contributed by atoms with E-state index in [1.807, 2.05) is 0 Å². The molecule has 0 saturated carbocycles. The largest absolute Gasteiger partial charge is 0.495 e. The Kier molecular flexibility index (Phi) is 5.94. The molecule has 2 aromatic carbocycles. The lowest BCUT2D eigenvalue weighted by molar-refractivity contribution is -0.135. The van der Waals surface area contributed by atoms with Crippen LogP contribution in [0.3, 0.4) is 0 Å². The maximum atomic E-state index is 13.9. The second-order valence-corrected chi connectivity index (χ2v) is 7.32. The Morgan fingerprint density at radius 3 is 2.31 bits per heavy atom. The Balaban J connectivity index is 2.64. The number of carbonyl (C=O) groups is 1. The molecule has 26 heavy (non-hydrogen) atoms. The van der Waals surface area contributed by atoms with E-state index in [0.29, 0.717) is 4.31 Å². The molecule has 0 aliphatic carbocycles. The minimum absolute atomic E-state index is 0.0846. The number of hydrogen-bond donors (Lipinski definition) is 1. The van der Waals surface area contributed by atoms with E-state index < -0.39 is 33.3 Å². The van der Waals surface area contributed by atoms with Gasteiger partial charge in [-0.05, 0) is 36.4 Å². The van der Waals surface area contributed by atoms with Crippen LogP contribution in [-0.2, 0) is 14.8 Å². The van der Waals surface area contributed by atoms with Crippen LogP contribution in [0.1, 0.15) is 0 Å². The van der Waals surface area contributed by atoms with Crippen molar-refractivity contribution in [2.75, 3.05) is 25.1 Å². The van der Waals surface area contributed by atoms with Gasteiger partial charge in [-0.3, -0.25) is 9.10 Å². The van der Waals surface area contributed by atoms with Crippen molar-refractivity contribution in [2.45, 2.75) is 4.90 Å². The molecule has 0 amide bonds. The van der Waals surface area contributed by atoms with Crippen molar-refractivity contribution in [3.8, 4) is 11.5 Å². The van der Waals surface area contributed by atoms with Crippen molar-refractivity contribution in [1.29, 1.82) is 0 Å². The van der Waals surface area contributed by atoms with Crippen LogP contribution in [0.4, 0.5) is 10.1 Å². The van der Waals surface area contributed by atoms with Gasteiger partial charge < -0.3 is 14.6 Å². The molecular weight excluding hydrogens is 389 g/mol. The number of carboxylic acid groups (broad SMARTS) is 1. The summed E-state index contributed by atoms with van der Waals surface area (Å²) < 4.78 is 50.3. The Morgan fingerprint density at radius 2 is 1.77 bits per heavy atom. The molecule has 0 aliphatic rings. The predicted molar refractivity (Wildman–Crippen MR) is 93.1 cm³/mol. The van der Waals surface area contributed by atoms with Crippen molar-refractivity contribution in [2.24, 2.45) is 0 Å². The van der Waals surface area contributed by atoms with Gasteiger partial charge in [-0.25, -0.2) is 12.8 Å². The third-order valence-electron chi connectivity index (χ3n) is 3.40. The molecule has 0 fully saturated rings. The van der Waals surface area contributed by atoms with Crippen molar-refractivity contribution in [3.05, 3.63) is 47.2 Å². The molecule has 2 aromatic rings. The highest BCUT2D eigenvalue weighted by atomic mass is 35.5. The van der Waals surface area contributed by atoms with Gasteiger partial charge in [0.05, 0.1) is 24.8 Å². The lowest BCUT2D eigenvalue weighted by Crippen LogP contribution is -2.36. The average molecular weight is 404 g/mol. The molecule has 10 heteroatoms. The maximum Gasteiger partial charge on any atom is 0.324 e. The van der Waals surface area contributed by atoms with Crippen molar-refractivity contribution < 1.29 is 32.2 Å². The van der Waals surface area contributed by atoms with Crippen LogP contribution in [0.2, 0.25) is 5.02 Å². The van der Waals surface area contributed by atoms with Crippen LogP contribution in [0.15, 0.2) is 41.3 Å². The summed E-state index contributed by atoms with van der Waals surface area (Å²) in [5, 5.41) is 9.32. The number of anilines is 1. The van der Waals surface area contributed by atoms with E-state index in [-0.39, 0.29) is 22.2 Å². The highest BCUT2D eigenvalue weighted by Gasteiger charge is 2.30. The summed E-state index contributed by atoms with van der Waals surface area (Å²) in [6.07, 6.45) is 0. The summed E-state index contributed by atoms with van der Waals surface area (Å²) >= 11 is 5.91. The van der Waals surface area contributed by atoms with Gasteiger partial charge in [-0.2, -0.15) is 0 Å². The molecular formula is C16H15ClFNO6S. The number of methoxy groups -OCH3 is 2. The van der Waals surface area contributed by atoms with Gasteiger partial charge in [0, 0.05) is 5.02 Å². The van der Waals surface area contributed by atoms with Gasteiger partial charge in [0.25, 0.3) is 10.0 Å². The average Bonchev–Trinajstić information content (AvgIpc) is 2.59. The van der Waals surface area contributed by atoms with Gasteiger partial charge in [0.15, 0.2) is 11.6 Å². The van der Waals surface area contributed by atoms with Crippen molar-refractivity contribution >= 4 is 33.3 Å². The Bertz CT molecular complexity index is 934. The molecule has 7 nitrogen and oxygen atoms in total. The summed E-state index contributed by atoms with van der Waals surface area (Å²) in [5.74, 6) is -2.37. The minimum Gasteiger partial charge on any atom is -0.495 e. The Labute approximate surface area is 154 Å². The van der Waals surface area contributed by atoms with E-state index >= 15 is 0 Å². The molecule has 0 aliphatic heterocycles. The second-order valence-electron chi connectivity index (χ2n) is 5.02. The summed E-state index contributed by atoms with van der Waals surface area (Å²) in [4.78, 5) is 10.8. The standard InChI is InChI=1S/C16H15ClFNO6S/c1-24-14-6-4-11(8-12(14)18)26(22,23)19(9-16(20)21)13-7-10(17)3-5-15(13)25-2/h3-8H,9H2,1-2H3,(H,20,21). The number of carboxylic acids is 1. The normalized spacial score (nSPS) is 11.1. The zero-order valence-electron chi connectivity index (χ0n) is 13.8. The molecule has 140 valence electrons. The van der Waals surface area contributed by atoms with E-state index in [9.17, 15) is 17.6 Å². The number of nitrogens with zero attached hydrogens (tertiary/aromatic N) is 1. The van der Waals surface area contributed by atoms with Crippen LogP contribution in [0.5, 0.6) is 11.5 Å². The number of aliphatic carboxylic acids is 1. The SMILES string of the molecule is COc1ccc(S(=O)(=O)N(CC(=O)O)c2cc(Cl)ccc2OC)cc1F. The van der Waals surface area contributed by atoms with Gasteiger partial charge in [0.1, 0.15) is 12.3 Å². The minimum atomic E-state index is -4.43. The van der Waals surface area contributed by atoms with Gasteiger partial charge in [-0.1, -0.05) is 11.6 Å². The maximum absolute atomic E-state index is 13.9.